The van der Waals surface area contributed by atoms with Gasteiger partial charge in [0.1, 0.15) is 0 Å². The number of thioether (sulfide) groups is 1. The second-order valence-electron chi connectivity index (χ2n) is 4.70. The van der Waals surface area contributed by atoms with Gasteiger partial charge < -0.3 is 5.32 Å². The van der Waals surface area contributed by atoms with Gasteiger partial charge in [-0.15, -0.1) is 11.3 Å². The average molecular weight is 327 g/mol. The van der Waals surface area contributed by atoms with Gasteiger partial charge >= 0.3 is 0 Å². The molecule has 1 N–H and O–H groups in total. The summed E-state index contributed by atoms with van der Waals surface area (Å²) in [4.78, 5) is 38.8. The van der Waals surface area contributed by atoms with Gasteiger partial charge in [-0.3, -0.25) is 24.2 Å². The van der Waals surface area contributed by atoms with Crippen LogP contribution in [0, 0.1) is 0 Å². The Morgan fingerprint density at radius 3 is 2.90 bits per heavy atom. The summed E-state index contributed by atoms with van der Waals surface area (Å²) in [6.45, 7) is 1.55. The lowest BCUT2D eigenvalue weighted by Gasteiger charge is -2.16. The van der Waals surface area contributed by atoms with Crippen LogP contribution in [0.1, 0.15) is 4.88 Å². The van der Waals surface area contributed by atoms with E-state index in [1.807, 2.05) is 29.5 Å². The number of nitrogens with one attached hydrogen (secondary N) is 1. The van der Waals surface area contributed by atoms with Gasteiger partial charge in [0.05, 0.1) is 12.3 Å². The van der Waals surface area contributed by atoms with Gasteiger partial charge in [-0.2, -0.15) is 0 Å². The summed E-state index contributed by atoms with van der Waals surface area (Å²) < 4.78 is 0. The number of carbonyl (C=O) groups excluding carboxylic acids is 3. The highest BCUT2D eigenvalue weighted by Gasteiger charge is 2.29. The first-order valence-electron chi connectivity index (χ1n) is 6.51. The molecule has 0 saturated carbocycles. The Balaban J connectivity index is 1.65. The average Bonchev–Trinajstić information content (AvgIpc) is 3.03. The number of thiophene rings is 1. The predicted octanol–water partition coefficient (Wildman–Crippen LogP) is 0.991. The fourth-order valence-corrected chi connectivity index (χ4v) is 3.47. The zero-order chi connectivity index (χ0) is 15.2. The van der Waals surface area contributed by atoms with Crippen LogP contribution in [0.5, 0.6) is 0 Å². The first-order valence-corrected chi connectivity index (χ1v) is 8.37. The SMILES string of the molecule is CN(CC(=O)NCCN1C(=O)CSC1=O)Cc1cccs1. The molecule has 0 aromatic carbocycles. The van der Waals surface area contributed by atoms with E-state index in [0.717, 1.165) is 18.3 Å². The number of rotatable bonds is 7. The maximum absolute atomic E-state index is 11.8. The normalized spacial score (nSPS) is 15.0. The first kappa shape index (κ1) is 16.0. The summed E-state index contributed by atoms with van der Waals surface area (Å²) in [7, 11) is 1.88. The lowest BCUT2D eigenvalue weighted by Crippen LogP contribution is -2.40. The van der Waals surface area contributed by atoms with E-state index in [1.165, 1.54) is 9.78 Å². The lowest BCUT2D eigenvalue weighted by atomic mass is 10.4. The highest BCUT2D eigenvalue weighted by Crippen LogP contribution is 2.17. The van der Waals surface area contributed by atoms with Gasteiger partial charge in [0.25, 0.3) is 5.24 Å². The number of nitrogens with zero attached hydrogens (tertiary/aromatic N) is 2. The number of hydrogen-bond donors (Lipinski definition) is 1. The minimum atomic E-state index is -0.232. The third kappa shape index (κ3) is 4.83. The van der Waals surface area contributed by atoms with E-state index in [4.69, 9.17) is 0 Å². The van der Waals surface area contributed by atoms with Crippen LogP contribution in [0.25, 0.3) is 0 Å². The quantitative estimate of drug-likeness (QED) is 0.809. The fraction of sp³-hybridized carbons (Fsp3) is 0.462. The molecule has 6 nitrogen and oxygen atoms in total. The van der Waals surface area contributed by atoms with Gasteiger partial charge in [-0.05, 0) is 18.5 Å². The number of hydrogen-bond acceptors (Lipinski definition) is 6. The molecule has 2 rings (SSSR count). The van der Waals surface area contributed by atoms with Crippen molar-refractivity contribution in [1.82, 2.24) is 15.1 Å². The van der Waals surface area contributed by atoms with E-state index in [9.17, 15) is 14.4 Å². The van der Waals surface area contributed by atoms with Gasteiger partial charge in [0.15, 0.2) is 0 Å². The predicted molar refractivity (Wildman–Crippen MR) is 83.2 cm³/mol. The van der Waals surface area contributed by atoms with Crippen LogP contribution >= 0.6 is 23.1 Å². The molecule has 1 aliphatic rings. The Labute approximate surface area is 131 Å². The second-order valence-corrected chi connectivity index (χ2v) is 6.66. The summed E-state index contributed by atoms with van der Waals surface area (Å²) in [5.41, 5.74) is 0. The largest absolute Gasteiger partial charge is 0.353 e. The fourth-order valence-electron chi connectivity index (χ4n) is 1.93. The highest BCUT2D eigenvalue weighted by atomic mass is 32.2. The molecule has 8 heteroatoms. The van der Waals surface area contributed by atoms with E-state index in [1.54, 1.807) is 11.3 Å². The molecule has 2 heterocycles. The van der Waals surface area contributed by atoms with E-state index in [0.29, 0.717) is 6.54 Å². The molecule has 0 spiro atoms. The lowest BCUT2D eigenvalue weighted by molar-refractivity contribution is -0.126. The molecule has 0 atom stereocenters. The van der Waals surface area contributed by atoms with Gasteiger partial charge in [0, 0.05) is 24.5 Å². The summed E-state index contributed by atoms with van der Waals surface area (Å²) >= 11 is 2.66. The van der Waals surface area contributed by atoms with E-state index >= 15 is 0 Å². The van der Waals surface area contributed by atoms with Crippen LogP contribution in [0.4, 0.5) is 4.79 Å². The van der Waals surface area contributed by atoms with Crippen LogP contribution in [0.2, 0.25) is 0 Å². The van der Waals surface area contributed by atoms with Crippen molar-refractivity contribution in [2.45, 2.75) is 6.54 Å². The first-order chi connectivity index (χ1) is 10.1. The van der Waals surface area contributed by atoms with Crippen LogP contribution in [0.3, 0.4) is 0 Å². The molecule has 1 aliphatic heterocycles. The molecule has 1 aromatic heterocycles. The molecular formula is C13H17N3O3S2. The molecule has 1 saturated heterocycles. The van der Waals surface area contributed by atoms with Gasteiger partial charge in [-0.25, -0.2) is 0 Å². The zero-order valence-electron chi connectivity index (χ0n) is 11.7. The van der Waals surface area contributed by atoms with Crippen molar-refractivity contribution < 1.29 is 14.4 Å². The van der Waals surface area contributed by atoms with Crippen LogP contribution in [0.15, 0.2) is 17.5 Å². The van der Waals surface area contributed by atoms with E-state index in [-0.39, 0.29) is 35.9 Å². The molecular weight excluding hydrogens is 310 g/mol. The molecule has 3 amide bonds. The standard InChI is InChI=1S/C13H17N3O3S2/c1-15(7-10-3-2-6-20-10)8-11(17)14-4-5-16-12(18)9-21-13(16)19/h2-3,6H,4-5,7-9H2,1H3,(H,14,17). The summed E-state index contributed by atoms with van der Waals surface area (Å²) in [5, 5.41) is 4.50. The number of likely N-dealkylation sites (N-methyl/N-ethyl adjacent to an activating group) is 1. The third-order valence-corrected chi connectivity index (χ3v) is 4.64. The summed E-state index contributed by atoms with van der Waals surface area (Å²) in [6, 6.07) is 4.01. The Bertz CT molecular complexity index is 503. The van der Waals surface area contributed by atoms with Crippen molar-refractivity contribution in [1.29, 1.82) is 0 Å². The van der Waals surface area contributed by atoms with Crippen LogP contribution in [-0.2, 0) is 16.1 Å². The molecule has 114 valence electrons. The smallest absolute Gasteiger partial charge is 0.288 e. The molecule has 1 aromatic rings. The Kier molecular flexibility index (Phi) is 5.77. The van der Waals surface area contributed by atoms with Crippen molar-refractivity contribution in [3.8, 4) is 0 Å². The topological polar surface area (TPSA) is 69.7 Å². The van der Waals surface area contributed by atoms with Crippen molar-refractivity contribution in [3.63, 3.8) is 0 Å². The highest BCUT2D eigenvalue weighted by molar-refractivity contribution is 8.14. The van der Waals surface area contributed by atoms with Crippen molar-refractivity contribution in [2.75, 3.05) is 32.4 Å². The van der Waals surface area contributed by atoms with Crippen molar-refractivity contribution in [3.05, 3.63) is 22.4 Å². The van der Waals surface area contributed by atoms with Gasteiger partial charge in [0.2, 0.25) is 11.8 Å². The number of carbonyl (C=O) groups is 3. The van der Waals surface area contributed by atoms with Gasteiger partial charge in [-0.1, -0.05) is 17.8 Å². The molecule has 1 fully saturated rings. The minimum Gasteiger partial charge on any atom is -0.353 e. The second kappa shape index (κ2) is 7.58. The maximum Gasteiger partial charge on any atom is 0.288 e. The Morgan fingerprint density at radius 1 is 1.48 bits per heavy atom. The molecule has 0 aliphatic carbocycles. The molecule has 0 radical (unpaired) electrons. The number of amides is 3. The summed E-state index contributed by atoms with van der Waals surface area (Å²) in [6.07, 6.45) is 0. The molecule has 0 bridgehead atoms. The Hall–Kier alpha value is -1.38. The summed E-state index contributed by atoms with van der Waals surface area (Å²) in [5.74, 6) is -0.0917. The third-order valence-electron chi connectivity index (χ3n) is 2.92. The zero-order valence-corrected chi connectivity index (χ0v) is 13.3. The Morgan fingerprint density at radius 2 is 2.29 bits per heavy atom. The van der Waals surface area contributed by atoms with E-state index in [2.05, 4.69) is 5.32 Å². The number of imide groups is 1. The monoisotopic (exact) mass is 327 g/mol. The minimum absolute atomic E-state index is 0.110. The van der Waals surface area contributed by atoms with E-state index < -0.39 is 0 Å². The molecule has 21 heavy (non-hydrogen) atoms. The molecule has 0 unspecified atom stereocenters. The van der Waals surface area contributed by atoms with Crippen molar-refractivity contribution >= 4 is 40.2 Å². The van der Waals surface area contributed by atoms with Crippen LogP contribution in [-0.4, -0.2) is 59.3 Å². The maximum atomic E-state index is 11.8. The van der Waals surface area contributed by atoms with Crippen LogP contribution < -0.4 is 5.32 Å². The van der Waals surface area contributed by atoms with Crippen molar-refractivity contribution in [2.24, 2.45) is 0 Å².